The summed E-state index contributed by atoms with van der Waals surface area (Å²) in [6.07, 6.45) is 5.32. The van der Waals surface area contributed by atoms with E-state index in [2.05, 4.69) is 15.4 Å². The molecule has 16 nitrogen and oxygen atoms in total. The van der Waals surface area contributed by atoms with Crippen molar-refractivity contribution < 1.29 is 41.5 Å². The Labute approximate surface area is 370 Å². The van der Waals surface area contributed by atoms with E-state index in [1.54, 1.807) is 44.4 Å². The van der Waals surface area contributed by atoms with Gasteiger partial charge in [0.15, 0.2) is 0 Å². The number of nitrogens with zero attached hydrogens (tertiary/aromatic N) is 5. The first kappa shape index (κ1) is 45.6. The van der Waals surface area contributed by atoms with Crippen LogP contribution in [0.25, 0.3) is 32.9 Å². The smallest absolute Gasteiger partial charge is 0.408 e. The van der Waals surface area contributed by atoms with Crippen LogP contribution in [0.4, 0.5) is 9.18 Å². The lowest BCUT2D eigenvalue weighted by atomic mass is 10.0. The number of amides is 4. The second kappa shape index (κ2) is 18.0. The van der Waals surface area contributed by atoms with Crippen LogP contribution in [0, 0.1) is 11.7 Å². The van der Waals surface area contributed by atoms with Gasteiger partial charge in [0.05, 0.1) is 17.8 Å². The molecular formula is C44H55FN8O8S2. The summed E-state index contributed by atoms with van der Waals surface area (Å²) in [7, 11) is -1.63. The molecule has 2 aliphatic heterocycles. The third-order valence-electron chi connectivity index (χ3n) is 11.4. The summed E-state index contributed by atoms with van der Waals surface area (Å²) in [5.41, 5.74) is 0.490. The molecule has 1 aliphatic carbocycles. The van der Waals surface area contributed by atoms with E-state index in [4.69, 9.17) is 19.4 Å². The summed E-state index contributed by atoms with van der Waals surface area (Å²) in [5, 5.41) is 8.03. The van der Waals surface area contributed by atoms with Crippen LogP contribution in [0.15, 0.2) is 60.0 Å². The van der Waals surface area contributed by atoms with Crippen LogP contribution < -0.4 is 20.1 Å². The Morgan fingerprint density at radius 3 is 2.51 bits per heavy atom. The Morgan fingerprint density at radius 2 is 1.79 bits per heavy atom. The van der Waals surface area contributed by atoms with Gasteiger partial charge in [-0.25, -0.2) is 18.9 Å². The van der Waals surface area contributed by atoms with Gasteiger partial charge in [-0.3, -0.25) is 19.0 Å². The second-order valence-corrected chi connectivity index (χ2v) is 20.5. The Morgan fingerprint density at radius 1 is 1.05 bits per heavy atom. The first-order valence-electron chi connectivity index (χ1n) is 21.2. The number of rotatable bonds is 9. The molecule has 2 aromatic carbocycles. The number of imidazole rings is 1. The van der Waals surface area contributed by atoms with Crippen LogP contribution in [0.5, 0.6) is 6.01 Å². The summed E-state index contributed by atoms with van der Waals surface area (Å²) < 4.78 is 57.5. The van der Waals surface area contributed by atoms with E-state index in [-0.39, 0.29) is 43.7 Å². The number of nitrogens with one attached hydrogen (secondary N) is 3. The molecular weight excluding hydrogens is 852 g/mol. The number of hydrogen-bond acceptors (Lipinski definition) is 11. The maximum Gasteiger partial charge on any atom is 0.408 e. The van der Waals surface area contributed by atoms with E-state index in [1.165, 1.54) is 36.4 Å². The number of benzene rings is 2. The molecule has 4 heterocycles. The molecule has 2 fully saturated rings. The van der Waals surface area contributed by atoms with Gasteiger partial charge in [-0.05, 0) is 84.6 Å². The van der Waals surface area contributed by atoms with Crippen LogP contribution in [0.2, 0.25) is 0 Å². The van der Waals surface area contributed by atoms with E-state index in [9.17, 15) is 32.0 Å². The fraction of sp³-hybridized carbons (Fsp3) is 0.500. The molecule has 0 unspecified atom stereocenters. The molecule has 0 bridgehead atoms. The fourth-order valence-electron chi connectivity index (χ4n) is 8.10. The van der Waals surface area contributed by atoms with E-state index in [1.807, 2.05) is 48.8 Å². The number of carbonyl (C=O) groups is 4. The average molecular weight is 907 g/mol. The maximum absolute atomic E-state index is 14.7. The molecule has 338 valence electrons. The topological polar surface area (TPSA) is 194 Å². The van der Waals surface area contributed by atoms with Gasteiger partial charge >= 0.3 is 16.3 Å². The first-order valence-corrected chi connectivity index (χ1v) is 23.5. The number of ether oxygens (including phenoxy) is 2. The monoisotopic (exact) mass is 906 g/mol. The zero-order valence-corrected chi connectivity index (χ0v) is 38.1. The number of carbonyl (C=O) groups excluding carboxylic acids is 4. The normalized spacial score (nSPS) is 23.9. The van der Waals surface area contributed by atoms with Crippen molar-refractivity contribution in [2.45, 2.75) is 115 Å². The molecule has 5 atom stereocenters. The quantitative estimate of drug-likeness (QED) is 0.165. The maximum atomic E-state index is 14.7. The van der Waals surface area contributed by atoms with E-state index < -0.39 is 69.3 Å². The highest BCUT2D eigenvalue weighted by Crippen LogP contribution is 2.46. The van der Waals surface area contributed by atoms with Gasteiger partial charge < -0.3 is 25.0 Å². The SMILES string of the molecule is CC(C)n1c(O[C@@H]2C[C@H]3C(=O)N[C@]4(C(=O)NS(=O)(=O)N(C)C)C[C@@H]4/C=C\CCCCC[C@H](NC(=O)OC(C)(C)C)C(=O)N3C2)nc2c(-c3nc(-c4ccccc4F)cs3)cccc21. The minimum Gasteiger partial charge on any atom is -0.459 e. The number of fused-ring (bicyclic) bond motifs is 3. The highest BCUT2D eigenvalue weighted by atomic mass is 32.2. The first-order chi connectivity index (χ1) is 29.8. The van der Waals surface area contributed by atoms with Crippen LogP contribution >= 0.6 is 11.3 Å². The van der Waals surface area contributed by atoms with Crippen molar-refractivity contribution in [3.8, 4) is 27.8 Å². The van der Waals surface area contributed by atoms with Crippen molar-refractivity contribution in [3.63, 3.8) is 0 Å². The van der Waals surface area contributed by atoms with Crippen molar-refractivity contribution in [1.29, 1.82) is 0 Å². The molecule has 3 N–H and O–H groups in total. The van der Waals surface area contributed by atoms with Crippen molar-refractivity contribution in [2.75, 3.05) is 20.6 Å². The molecule has 19 heteroatoms. The van der Waals surface area contributed by atoms with Crippen molar-refractivity contribution in [2.24, 2.45) is 5.92 Å². The Bertz CT molecular complexity index is 2530. The third kappa shape index (κ3) is 9.89. The number of thiazole rings is 1. The largest absolute Gasteiger partial charge is 0.459 e. The summed E-state index contributed by atoms with van der Waals surface area (Å²) in [4.78, 5) is 67.4. The summed E-state index contributed by atoms with van der Waals surface area (Å²) in [5.74, 6) is -2.98. The van der Waals surface area contributed by atoms with Crippen molar-refractivity contribution in [1.82, 2.24) is 39.1 Å². The summed E-state index contributed by atoms with van der Waals surface area (Å²) in [6.45, 7) is 9.03. The Balaban J connectivity index is 1.23. The van der Waals surface area contributed by atoms with Gasteiger partial charge in [0.2, 0.25) is 11.8 Å². The van der Waals surface area contributed by atoms with Crippen LogP contribution in [-0.4, -0.2) is 106 Å². The third-order valence-corrected chi connectivity index (χ3v) is 13.7. The average Bonchev–Trinajstić information content (AvgIpc) is 3.55. The lowest BCUT2D eigenvalue weighted by Gasteiger charge is -2.30. The van der Waals surface area contributed by atoms with Crippen molar-refractivity contribution in [3.05, 3.63) is 65.8 Å². The highest BCUT2D eigenvalue weighted by Gasteiger charge is 2.62. The summed E-state index contributed by atoms with van der Waals surface area (Å²) in [6, 6.07) is 9.97. The zero-order valence-electron chi connectivity index (χ0n) is 36.5. The van der Waals surface area contributed by atoms with E-state index in [0.717, 1.165) is 22.7 Å². The Hall–Kier alpha value is -5.40. The number of alkyl carbamates (subject to hydrolysis) is 1. The van der Waals surface area contributed by atoms with Gasteiger partial charge in [0.25, 0.3) is 11.9 Å². The molecule has 1 saturated carbocycles. The minimum absolute atomic E-state index is 0.0163. The summed E-state index contributed by atoms with van der Waals surface area (Å²) >= 11 is 1.36. The molecule has 0 radical (unpaired) electrons. The number of allylic oxidation sites excluding steroid dienone is 1. The molecule has 63 heavy (non-hydrogen) atoms. The molecule has 7 rings (SSSR count). The second-order valence-electron chi connectivity index (χ2n) is 17.8. The van der Waals surface area contributed by atoms with Gasteiger partial charge in [-0.2, -0.15) is 17.7 Å². The van der Waals surface area contributed by atoms with Gasteiger partial charge in [-0.15, -0.1) is 11.3 Å². The zero-order chi connectivity index (χ0) is 45.4. The van der Waals surface area contributed by atoms with E-state index in [0.29, 0.717) is 40.2 Å². The molecule has 2 aromatic heterocycles. The van der Waals surface area contributed by atoms with E-state index >= 15 is 0 Å². The lowest BCUT2D eigenvalue weighted by molar-refractivity contribution is -0.141. The van der Waals surface area contributed by atoms with Gasteiger partial charge in [0, 0.05) is 49.0 Å². The number of hydrogen-bond donors (Lipinski definition) is 3. The minimum atomic E-state index is -4.21. The van der Waals surface area contributed by atoms with Crippen LogP contribution in [0.1, 0.15) is 85.6 Å². The molecule has 4 aromatic rings. The number of para-hydroxylation sites is 1. The lowest BCUT2D eigenvalue weighted by Crippen LogP contribution is -2.58. The standard InChI is InChI=1S/C44H55FN8O8S2/c1-26(2)53-34-21-15-18-30(38-46-33(25-62-38)29-17-13-14-19-31(29)45)36(34)48-41(53)60-28-22-35-37(54)49-44(40(56)50-63(58,59)51(6)7)23-27(44)16-11-9-8-10-12-20-32(39(55)52(35)24-28)47-42(57)61-43(3,4)5/h11,13-19,21,25-28,32,35H,8-10,12,20,22-24H2,1-7H3,(H,47,57)(H,49,54)(H,50,56)/b16-11-/t27-,28+,32-,35-,44+/m0/s1. The van der Waals surface area contributed by atoms with Crippen LogP contribution in [-0.2, 0) is 29.3 Å². The molecule has 1 saturated heterocycles. The fourth-order valence-corrected chi connectivity index (χ4v) is 9.55. The predicted molar refractivity (Wildman–Crippen MR) is 236 cm³/mol. The highest BCUT2D eigenvalue weighted by molar-refractivity contribution is 7.87. The number of aromatic nitrogens is 3. The van der Waals surface area contributed by atoms with Crippen LogP contribution in [0.3, 0.4) is 0 Å². The molecule has 0 spiro atoms. The number of halogens is 1. The van der Waals surface area contributed by atoms with Gasteiger partial charge in [0.1, 0.15) is 45.7 Å². The van der Waals surface area contributed by atoms with Gasteiger partial charge in [-0.1, -0.05) is 43.2 Å². The predicted octanol–water partition coefficient (Wildman–Crippen LogP) is 6.11. The Kier molecular flexibility index (Phi) is 13.0. The van der Waals surface area contributed by atoms with Crippen molar-refractivity contribution >= 4 is 56.4 Å². The molecule has 3 aliphatic rings. The molecule has 4 amide bonds.